The van der Waals surface area contributed by atoms with Gasteiger partial charge in [0.2, 0.25) is 5.95 Å². The first-order valence-corrected chi connectivity index (χ1v) is 15.8. The second-order valence-corrected chi connectivity index (χ2v) is 15.0. The summed E-state index contributed by atoms with van der Waals surface area (Å²) in [7, 11) is -9.42. The van der Waals surface area contributed by atoms with E-state index in [-0.39, 0.29) is 23.7 Å². The molecule has 0 atom stereocenters. The van der Waals surface area contributed by atoms with Gasteiger partial charge in [-0.1, -0.05) is 41.5 Å². The molecule has 0 unspecified atom stereocenters. The van der Waals surface area contributed by atoms with E-state index in [4.69, 9.17) is 9.97 Å². The smallest absolute Gasteiger partial charge is 0.283 e. The highest BCUT2D eigenvalue weighted by Crippen LogP contribution is 2.35. The number of hydrogen-bond donors (Lipinski definition) is 3. The third-order valence-electron chi connectivity index (χ3n) is 5.92. The Labute approximate surface area is 238 Å². The maximum Gasteiger partial charge on any atom is 0.283 e. The number of aromatic nitrogens is 5. The summed E-state index contributed by atoms with van der Waals surface area (Å²) in [6.07, 6.45) is 0. The van der Waals surface area contributed by atoms with E-state index < -0.39 is 37.4 Å². The Morgan fingerprint density at radius 3 is 1.98 bits per heavy atom. The van der Waals surface area contributed by atoms with Crippen LogP contribution in [0.15, 0.2) is 36.4 Å². The minimum absolute atomic E-state index is 0.119. The molecule has 41 heavy (non-hydrogen) atoms. The first-order valence-electron chi connectivity index (χ1n) is 12.6. The van der Waals surface area contributed by atoms with Gasteiger partial charge in [-0.15, -0.1) is 0 Å². The molecule has 3 heterocycles. The van der Waals surface area contributed by atoms with E-state index in [0.717, 1.165) is 4.90 Å². The Morgan fingerprint density at radius 2 is 1.46 bits per heavy atom. The number of nitrogens with one attached hydrogen (secondary N) is 1. The third-order valence-corrected chi connectivity index (χ3v) is 7.19. The summed E-state index contributed by atoms with van der Waals surface area (Å²) in [6, 6.07) is 9.25. The summed E-state index contributed by atoms with van der Waals surface area (Å²) >= 11 is 0. The number of halogens is 1. The van der Waals surface area contributed by atoms with Crippen LogP contribution in [0, 0.1) is 11.2 Å². The number of anilines is 1. The van der Waals surface area contributed by atoms with Crippen LogP contribution in [0.25, 0.3) is 33.8 Å². The van der Waals surface area contributed by atoms with E-state index in [1.807, 2.05) is 41.5 Å². The molecular weight excluding hydrogens is 575 g/mol. The molecule has 15 heteroatoms. The molecule has 0 aliphatic rings. The number of imidazole rings is 2. The minimum atomic E-state index is -4.71. The van der Waals surface area contributed by atoms with Crippen LogP contribution in [-0.2, 0) is 32.2 Å². The van der Waals surface area contributed by atoms with Crippen LogP contribution in [0.4, 0.5) is 10.3 Å². The van der Waals surface area contributed by atoms with Crippen molar-refractivity contribution in [3.63, 3.8) is 0 Å². The fourth-order valence-corrected chi connectivity index (χ4v) is 5.59. The lowest BCUT2D eigenvalue weighted by atomic mass is 9.96. The first-order chi connectivity index (χ1) is 18.7. The molecule has 3 N–H and O–H groups in total. The van der Waals surface area contributed by atoms with Gasteiger partial charge in [0, 0.05) is 17.5 Å². The fourth-order valence-electron chi connectivity index (χ4n) is 4.27. The highest BCUT2D eigenvalue weighted by molar-refractivity contribution is 7.86. The largest absolute Gasteiger partial charge is 0.341 e. The molecule has 0 saturated heterocycles. The molecule has 4 rings (SSSR count). The molecule has 4 aromatic rings. The van der Waals surface area contributed by atoms with Crippen LogP contribution >= 0.6 is 0 Å². The molecule has 0 amide bonds. The second kappa shape index (κ2) is 10.5. The van der Waals surface area contributed by atoms with Crippen molar-refractivity contribution in [2.75, 3.05) is 16.7 Å². The number of nitrogens with zero attached hydrogens (tertiary/aromatic N) is 5. The van der Waals surface area contributed by atoms with E-state index in [1.54, 1.807) is 28.8 Å². The van der Waals surface area contributed by atoms with Crippen LogP contribution < -0.4 is 4.90 Å². The molecular formula is C26H33FN6O6S2. The van der Waals surface area contributed by atoms with Gasteiger partial charge in [-0.25, -0.2) is 19.3 Å². The van der Waals surface area contributed by atoms with Crippen molar-refractivity contribution >= 4 is 37.3 Å². The number of pyridine rings is 1. The summed E-state index contributed by atoms with van der Waals surface area (Å²) in [5.41, 5.74) is 2.07. The summed E-state index contributed by atoms with van der Waals surface area (Å²) in [6.45, 7) is 11.9. The molecule has 0 saturated carbocycles. The number of benzene rings is 1. The maximum atomic E-state index is 13.7. The third kappa shape index (κ3) is 7.47. The van der Waals surface area contributed by atoms with Gasteiger partial charge in [0.05, 0.1) is 11.4 Å². The topological polar surface area (TPSA) is 171 Å². The Bertz CT molecular complexity index is 1770. The van der Waals surface area contributed by atoms with Crippen molar-refractivity contribution in [3.05, 3.63) is 48.0 Å². The molecule has 0 radical (unpaired) electrons. The van der Waals surface area contributed by atoms with Gasteiger partial charge < -0.3 is 9.88 Å². The average molecular weight is 609 g/mol. The van der Waals surface area contributed by atoms with Gasteiger partial charge >= 0.3 is 0 Å². The van der Waals surface area contributed by atoms with Crippen molar-refractivity contribution in [1.29, 1.82) is 0 Å². The van der Waals surface area contributed by atoms with Gasteiger partial charge in [-0.3, -0.25) is 13.7 Å². The Balaban J connectivity index is 1.97. The summed E-state index contributed by atoms with van der Waals surface area (Å²) in [5.74, 6) is -2.09. The maximum absolute atomic E-state index is 13.7. The van der Waals surface area contributed by atoms with Crippen LogP contribution in [0.3, 0.4) is 0 Å². The highest BCUT2D eigenvalue weighted by atomic mass is 32.2. The molecule has 0 spiro atoms. The molecule has 0 aliphatic carbocycles. The molecule has 0 fully saturated rings. The first kappa shape index (κ1) is 30.6. The van der Waals surface area contributed by atoms with Gasteiger partial charge in [0.1, 0.15) is 34.6 Å². The fraction of sp³-hybridized carbons (Fsp3) is 0.423. The van der Waals surface area contributed by atoms with Crippen molar-refractivity contribution in [2.45, 2.75) is 53.5 Å². The van der Waals surface area contributed by atoms with Crippen LogP contribution in [-0.4, -0.2) is 62.2 Å². The minimum Gasteiger partial charge on any atom is -0.341 e. The van der Waals surface area contributed by atoms with Gasteiger partial charge in [0.15, 0.2) is 5.65 Å². The quantitative estimate of drug-likeness (QED) is 0.242. The predicted molar refractivity (Wildman–Crippen MR) is 154 cm³/mol. The van der Waals surface area contributed by atoms with Gasteiger partial charge in [-0.05, 0) is 41.8 Å². The van der Waals surface area contributed by atoms with Crippen molar-refractivity contribution < 1.29 is 30.3 Å². The Morgan fingerprint density at radius 1 is 0.878 bits per heavy atom. The van der Waals surface area contributed by atoms with E-state index in [2.05, 4.69) is 9.97 Å². The second-order valence-electron chi connectivity index (χ2n) is 12.1. The monoisotopic (exact) mass is 608 g/mol. The van der Waals surface area contributed by atoms with Gasteiger partial charge in [0.25, 0.3) is 20.2 Å². The van der Waals surface area contributed by atoms with Crippen molar-refractivity contribution in [2.24, 2.45) is 5.41 Å². The lowest BCUT2D eigenvalue weighted by Crippen LogP contribution is -2.36. The average Bonchev–Trinajstić information content (AvgIpc) is 3.39. The highest BCUT2D eigenvalue weighted by Gasteiger charge is 2.29. The molecule has 3 aromatic heterocycles. The standard InChI is InChI=1S/C26H33FN6O6S2/c1-25(2,3)13-33-22-19(29-24(33)32(14-40(34,35)36)15-41(37,38)39)12-11-18(28-22)21-20(16-7-9-17(27)10-8-16)30-23(31-21)26(4,5)6/h7-12H,13-15H2,1-6H3,(H,30,31)(H,34,35,36)(H,37,38,39). The summed E-state index contributed by atoms with van der Waals surface area (Å²) < 4.78 is 81.4. The van der Waals surface area contributed by atoms with E-state index >= 15 is 0 Å². The van der Waals surface area contributed by atoms with Crippen molar-refractivity contribution in [1.82, 2.24) is 24.5 Å². The zero-order chi connectivity index (χ0) is 30.5. The van der Waals surface area contributed by atoms with Crippen molar-refractivity contribution in [3.8, 4) is 22.6 Å². The SMILES string of the molecule is CC(C)(C)Cn1c(N(CS(=O)(=O)O)CS(=O)(=O)O)nc2ccc(-c3nc(C(C)(C)C)[nH]c3-c3ccc(F)cc3)nc21. The summed E-state index contributed by atoms with van der Waals surface area (Å²) in [5, 5.41) is 0. The molecule has 0 aliphatic heterocycles. The van der Waals surface area contributed by atoms with E-state index in [9.17, 15) is 30.3 Å². The summed E-state index contributed by atoms with van der Waals surface area (Å²) in [4.78, 5) is 18.2. The predicted octanol–water partition coefficient (Wildman–Crippen LogP) is 4.47. The lowest BCUT2D eigenvalue weighted by Gasteiger charge is -2.25. The molecule has 1 aromatic carbocycles. The number of H-pyrrole nitrogens is 1. The lowest BCUT2D eigenvalue weighted by molar-refractivity contribution is 0.348. The Kier molecular flexibility index (Phi) is 7.79. The van der Waals surface area contributed by atoms with Crippen LogP contribution in [0.5, 0.6) is 0 Å². The van der Waals surface area contributed by atoms with Crippen LogP contribution in [0.1, 0.15) is 47.4 Å². The Hall–Kier alpha value is -3.40. The zero-order valence-electron chi connectivity index (χ0n) is 23.5. The molecule has 222 valence electrons. The van der Waals surface area contributed by atoms with E-state index in [1.165, 1.54) is 12.1 Å². The zero-order valence-corrected chi connectivity index (χ0v) is 25.2. The number of hydrogen-bond acceptors (Lipinski definition) is 8. The number of aromatic amines is 1. The molecule has 0 bridgehead atoms. The van der Waals surface area contributed by atoms with E-state index in [0.29, 0.717) is 39.6 Å². The number of fused-ring (bicyclic) bond motifs is 1. The van der Waals surface area contributed by atoms with Gasteiger partial charge in [-0.2, -0.15) is 16.8 Å². The number of rotatable bonds is 8. The van der Waals surface area contributed by atoms with Crippen LogP contribution in [0.2, 0.25) is 0 Å². The molecule has 12 nitrogen and oxygen atoms in total. The normalized spacial score (nSPS) is 13.2.